The number of thioether (sulfide) groups is 1. The second-order valence-corrected chi connectivity index (χ2v) is 7.13. The summed E-state index contributed by atoms with van der Waals surface area (Å²) in [6.45, 7) is 4.27. The second kappa shape index (κ2) is 7.47. The van der Waals surface area contributed by atoms with Crippen molar-refractivity contribution in [1.82, 2.24) is 9.80 Å². The highest BCUT2D eigenvalue weighted by Crippen LogP contribution is 2.38. The molecule has 1 aromatic rings. The number of carbonyl (C=O) groups excluding carboxylic acids is 1. The highest BCUT2D eigenvalue weighted by atomic mass is 32.2. The van der Waals surface area contributed by atoms with Crippen molar-refractivity contribution >= 4 is 17.7 Å². The SMILES string of the molecule is O=C1CSC(c2ccc(F)cc2)N1CCCN1CCCCC1. The van der Waals surface area contributed by atoms with E-state index in [1.807, 2.05) is 4.90 Å². The van der Waals surface area contributed by atoms with Crippen LogP contribution < -0.4 is 0 Å². The van der Waals surface area contributed by atoms with Crippen LogP contribution in [0.15, 0.2) is 24.3 Å². The van der Waals surface area contributed by atoms with E-state index in [-0.39, 0.29) is 17.1 Å². The van der Waals surface area contributed by atoms with Gasteiger partial charge in [-0.15, -0.1) is 11.8 Å². The van der Waals surface area contributed by atoms with Crippen molar-refractivity contribution in [3.63, 3.8) is 0 Å². The Morgan fingerprint density at radius 2 is 1.82 bits per heavy atom. The molecule has 2 fully saturated rings. The monoisotopic (exact) mass is 322 g/mol. The molecule has 3 rings (SSSR count). The molecule has 1 unspecified atom stereocenters. The maximum Gasteiger partial charge on any atom is 0.233 e. The molecule has 1 amide bonds. The number of halogens is 1. The minimum atomic E-state index is -0.227. The van der Waals surface area contributed by atoms with Gasteiger partial charge < -0.3 is 9.80 Å². The highest BCUT2D eigenvalue weighted by Gasteiger charge is 2.32. The Morgan fingerprint density at radius 1 is 1.09 bits per heavy atom. The van der Waals surface area contributed by atoms with Crippen LogP contribution in [0.2, 0.25) is 0 Å². The van der Waals surface area contributed by atoms with Crippen LogP contribution in [0.4, 0.5) is 4.39 Å². The summed E-state index contributed by atoms with van der Waals surface area (Å²) in [5.74, 6) is 0.513. The number of hydrogen-bond acceptors (Lipinski definition) is 3. The molecular formula is C17H23FN2OS. The van der Waals surface area contributed by atoms with Gasteiger partial charge in [-0.25, -0.2) is 4.39 Å². The molecule has 2 aliphatic rings. The summed E-state index contributed by atoms with van der Waals surface area (Å²) in [4.78, 5) is 16.6. The molecule has 0 aliphatic carbocycles. The first-order valence-corrected chi connectivity index (χ1v) is 9.18. The van der Waals surface area contributed by atoms with E-state index in [0.29, 0.717) is 5.75 Å². The first-order valence-electron chi connectivity index (χ1n) is 8.13. The number of hydrogen-bond donors (Lipinski definition) is 0. The molecule has 2 aliphatic heterocycles. The zero-order valence-electron chi connectivity index (χ0n) is 12.8. The third kappa shape index (κ3) is 3.82. The van der Waals surface area contributed by atoms with Gasteiger partial charge in [0.05, 0.1) is 5.75 Å². The van der Waals surface area contributed by atoms with Gasteiger partial charge in [0.1, 0.15) is 11.2 Å². The summed E-state index contributed by atoms with van der Waals surface area (Å²) in [5.41, 5.74) is 1.02. The van der Waals surface area contributed by atoms with Crippen molar-refractivity contribution < 1.29 is 9.18 Å². The molecule has 0 aromatic heterocycles. The predicted molar refractivity (Wildman–Crippen MR) is 88.2 cm³/mol. The molecule has 0 spiro atoms. The zero-order valence-corrected chi connectivity index (χ0v) is 13.7. The van der Waals surface area contributed by atoms with Crippen molar-refractivity contribution in [2.75, 3.05) is 31.9 Å². The fourth-order valence-corrected chi connectivity index (χ4v) is 4.47. The quantitative estimate of drug-likeness (QED) is 0.831. The maximum atomic E-state index is 13.1. The van der Waals surface area contributed by atoms with Crippen LogP contribution in [0.25, 0.3) is 0 Å². The smallest absolute Gasteiger partial charge is 0.233 e. The van der Waals surface area contributed by atoms with Crippen LogP contribution in [0.3, 0.4) is 0 Å². The van der Waals surface area contributed by atoms with Crippen LogP contribution in [-0.2, 0) is 4.79 Å². The molecule has 0 radical (unpaired) electrons. The maximum absolute atomic E-state index is 13.1. The minimum Gasteiger partial charge on any atom is -0.326 e. The van der Waals surface area contributed by atoms with E-state index in [9.17, 15) is 9.18 Å². The lowest BCUT2D eigenvalue weighted by atomic mass is 10.1. The normalized spacial score (nSPS) is 23.2. The molecular weight excluding hydrogens is 299 g/mol. The number of amides is 1. The molecule has 3 nitrogen and oxygen atoms in total. The van der Waals surface area contributed by atoms with Gasteiger partial charge in [0.2, 0.25) is 5.91 Å². The topological polar surface area (TPSA) is 23.6 Å². The summed E-state index contributed by atoms with van der Waals surface area (Å²) < 4.78 is 13.1. The number of benzene rings is 1. The average molecular weight is 322 g/mol. The Hall–Kier alpha value is -1.07. The Kier molecular flexibility index (Phi) is 5.37. The largest absolute Gasteiger partial charge is 0.326 e. The highest BCUT2D eigenvalue weighted by molar-refractivity contribution is 8.00. The molecule has 1 atom stereocenters. The lowest BCUT2D eigenvalue weighted by Gasteiger charge is -2.28. The minimum absolute atomic E-state index is 0.0504. The van der Waals surface area contributed by atoms with Gasteiger partial charge in [-0.3, -0.25) is 4.79 Å². The van der Waals surface area contributed by atoms with Crippen LogP contribution in [0.5, 0.6) is 0 Å². The molecule has 0 saturated carbocycles. The summed E-state index contributed by atoms with van der Waals surface area (Å²) >= 11 is 1.64. The Balaban J connectivity index is 1.55. The standard InChI is InChI=1S/C17H23FN2OS/c18-15-7-5-14(6-8-15)17-20(16(21)13-22-17)12-4-11-19-9-2-1-3-10-19/h5-8,17H,1-4,9-13H2. The van der Waals surface area contributed by atoms with Crippen molar-refractivity contribution in [3.05, 3.63) is 35.6 Å². The van der Waals surface area contributed by atoms with E-state index in [1.54, 1.807) is 23.9 Å². The van der Waals surface area contributed by atoms with Crippen molar-refractivity contribution in [1.29, 1.82) is 0 Å². The Morgan fingerprint density at radius 3 is 2.55 bits per heavy atom. The van der Waals surface area contributed by atoms with Crippen molar-refractivity contribution in [2.24, 2.45) is 0 Å². The summed E-state index contributed by atoms with van der Waals surface area (Å²) in [6.07, 6.45) is 4.97. The van der Waals surface area contributed by atoms with Crippen molar-refractivity contribution in [3.8, 4) is 0 Å². The average Bonchev–Trinajstić information content (AvgIpc) is 2.90. The second-order valence-electron chi connectivity index (χ2n) is 6.06. The summed E-state index contributed by atoms with van der Waals surface area (Å²) in [7, 11) is 0. The van der Waals surface area contributed by atoms with Crippen LogP contribution in [0, 0.1) is 5.82 Å². The number of nitrogens with zero attached hydrogens (tertiary/aromatic N) is 2. The van der Waals surface area contributed by atoms with Crippen LogP contribution >= 0.6 is 11.8 Å². The first-order chi connectivity index (χ1) is 10.7. The Bertz CT molecular complexity index is 502. The van der Waals surface area contributed by atoms with Gasteiger partial charge >= 0.3 is 0 Å². The number of carbonyl (C=O) groups is 1. The molecule has 2 heterocycles. The van der Waals surface area contributed by atoms with Crippen molar-refractivity contribution in [2.45, 2.75) is 31.1 Å². The number of piperidine rings is 1. The molecule has 1 aromatic carbocycles. The molecule has 22 heavy (non-hydrogen) atoms. The lowest BCUT2D eigenvalue weighted by molar-refractivity contribution is -0.128. The van der Waals surface area contributed by atoms with Crippen LogP contribution in [0.1, 0.15) is 36.6 Å². The van der Waals surface area contributed by atoms with E-state index >= 15 is 0 Å². The Labute approximate surface area is 135 Å². The lowest BCUT2D eigenvalue weighted by Crippen LogP contribution is -2.34. The molecule has 2 saturated heterocycles. The van der Waals surface area contributed by atoms with E-state index in [0.717, 1.165) is 25.1 Å². The van der Waals surface area contributed by atoms with Gasteiger partial charge in [0, 0.05) is 6.54 Å². The van der Waals surface area contributed by atoms with Gasteiger partial charge in [-0.05, 0) is 56.6 Å². The van der Waals surface area contributed by atoms with Gasteiger partial charge in [-0.2, -0.15) is 0 Å². The summed E-state index contributed by atoms with van der Waals surface area (Å²) in [5, 5.41) is 0.0504. The number of rotatable bonds is 5. The third-order valence-electron chi connectivity index (χ3n) is 4.45. The third-order valence-corrected chi connectivity index (χ3v) is 5.70. The van der Waals surface area contributed by atoms with E-state index < -0.39 is 0 Å². The molecule has 5 heteroatoms. The molecule has 120 valence electrons. The number of likely N-dealkylation sites (tertiary alicyclic amines) is 1. The molecule has 0 bridgehead atoms. The predicted octanol–water partition coefficient (Wildman–Crippen LogP) is 3.28. The zero-order chi connectivity index (χ0) is 15.4. The van der Waals surface area contributed by atoms with Gasteiger partial charge in [0.15, 0.2) is 0 Å². The van der Waals surface area contributed by atoms with E-state index in [1.165, 1.54) is 44.5 Å². The first kappa shape index (κ1) is 15.8. The van der Waals surface area contributed by atoms with E-state index in [4.69, 9.17) is 0 Å². The van der Waals surface area contributed by atoms with E-state index in [2.05, 4.69) is 4.90 Å². The fourth-order valence-electron chi connectivity index (χ4n) is 3.25. The fraction of sp³-hybridized carbons (Fsp3) is 0.588. The van der Waals surface area contributed by atoms with Gasteiger partial charge in [0.25, 0.3) is 0 Å². The molecule has 0 N–H and O–H groups in total. The summed E-state index contributed by atoms with van der Waals surface area (Å²) in [6, 6.07) is 6.54. The van der Waals surface area contributed by atoms with Gasteiger partial charge in [-0.1, -0.05) is 18.6 Å². The van der Waals surface area contributed by atoms with Crippen LogP contribution in [-0.4, -0.2) is 47.6 Å².